The Balaban J connectivity index is 1.94. The van der Waals surface area contributed by atoms with Crippen molar-refractivity contribution in [2.75, 3.05) is 0 Å². The van der Waals surface area contributed by atoms with Crippen molar-refractivity contribution in [2.45, 2.75) is 13.0 Å². The van der Waals surface area contributed by atoms with Crippen molar-refractivity contribution in [3.8, 4) is 5.75 Å². The van der Waals surface area contributed by atoms with Gasteiger partial charge < -0.3 is 4.74 Å². The Morgan fingerprint density at radius 3 is 2.40 bits per heavy atom. The zero-order chi connectivity index (χ0) is 18.4. The van der Waals surface area contributed by atoms with Gasteiger partial charge in [0.1, 0.15) is 11.3 Å². The van der Waals surface area contributed by atoms with Gasteiger partial charge in [-0.2, -0.15) is 0 Å². The molecule has 0 aliphatic rings. The summed E-state index contributed by atoms with van der Waals surface area (Å²) in [4.78, 5) is 34.2. The fourth-order valence-corrected chi connectivity index (χ4v) is 2.01. The topological polar surface area (TPSA) is 111 Å². The highest BCUT2D eigenvalue weighted by molar-refractivity contribution is 6.30. The molecule has 0 aromatic heterocycles. The van der Waals surface area contributed by atoms with Crippen LogP contribution in [0.25, 0.3) is 0 Å². The lowest BCUT2D eigenvalue weighted by molar-refractivity contribution is -0.385. The number of nitro benzene ring substituents is 1. The van der Waals surface area contributed by atoms with Crippen LogP contribution in [-0.2, 0) is 4.79 Å². The number of nitrogens with one attached hydrogen (secondary N) is 2. The second-order valence-corrected chi connectivity index (χ2v) is 5.37. The molecule has 1 unspecified atom stereocenters. The number of amides is 2. The van der Waals surface area contributed by atoms with Crippen LogP contribution in [0.4, 0.5) is 5.69 Å². The SMILES string of the molecule is CC(Oc1ccc(Cl)cc1)C(=O)NNC(=O)c1ccccc1[N+](=O)[O-]. The third kappa shape index (κ3) is 4.92. The second kappa shape index (κ2) is 8.11. The molecule has 2 N–H and O–H groups in total. The highest BCUT2D eigenvalue weighted by Gasteiger charge is 2.21. The van der Waals surface area contributed by atoms with Gasteiger partial charge >= 0.3 is 0 Å². The number of benzene rings is 2. The van der Waals surface area contributed by atoms with Gasteiger partial charge in [0.25, 0.3) is 17.5 Å². The summed E-state index contributed by atoms with van der Waals surface area (Å²) in [6, 6.07) is 11.8. The van der Waals surface area contributed by atoms with E-state index in [2.05, 4.69) is 10.9 Å². The minimum absolute atomic E-state index is 0.168. The second-order valence-electron chi connectivity index (χ2n) is 4.93. The van der Waals surface area contributed by atoms with Crippen LogP contribution in [0.15, 0.2) is 48.5 Å². The first kappa shape index (κ1) is 18.2. The lowest BCUT2D eigenvalue weighted by Crippen LogP contribution is -2.47. The molecule has 0 aliphatic heterocycles. The maximum absolute atomic E-state index is 12.0. The molecular weight excluding hydrogens is 350 g/mol. The fraction of sp³-hybridized carbons (Fsp3) is 0.125. The summed E-state index contributed by atoms with van der Waals surface area (Å²) in [5.74, 6) is -1.00. The predicted octanol–water partition coefficient (Wildman–Crippen LogP) is 2.48. The monoisotopic (exact) mass is 363 g/mol. The van der Waals surface area contributed by atoms with Crippen LogP contribution in [0, 0.1) is 10.1 Å². The molecule has 2 aromatic carbocycles. The van der Waals surface area contributed by atoms with Crippen molar-refractivity contribution >= 4 is 29.1 Å². The molecule has 130 valence electrons. The van der Waals surface area contributed by atoms with Gasteiger partial charge in [-0.3, -0.25) is 30.6 Å². The molecule has 25 heavy (non-hydrogen) atoms. The van der Waals surface area contributed by atoms with E-state index in [0.29, 0.717) is 10.8 Å². The summed E-state index contributed by atoms with van der Waals surface area (Å²) in [6.07, 6.45) is -0.910. The zero-order valence-electron chi connectivity index (χ0n) is 13.1. The Labute approximate surface area is 147 Å². The normalized spacial score (nSPS) is 11.3. The molecule has 8 nitrogen and oxygen atoms in total. The van der Waals surface area contributed by atoms with Crippen molar-refractivity contribution in [1.82, 2.24) is 10.9 Å². The largest absolute Gasteiger partial charge is 0.481 e. The number of hydrogen-bond acceptors (Lipinski definition) is 5. The first-order valence-electron chi connectivity index (χ1n) is 7.14. The maximum Gasteiger partial charge on any atom is 0.282 e. The molecule has 2 aromatic rings. The van der Waals surface area contributed by atoms with E-state index in [1.807, 2.05) is 0 Å². The highest BCUT2D eigenvalue weighted by Crippen LogP contribution is 2.18. The molecular formula is C16H14ClN3O5. The summed E-state index contributed by atoms with van der Waals surface area (Å²) >= 11 is 5.76. The Kier molecular flexibility index (Phi) is 5.91. The quantitative estimate of drug-likeness (QED) is 0.626. The molecule has 0 saturated heterocycles. The summed E-state index contributed by atoms with van der Waals surface area (Å²) in [5.41, 5.74) is 3.76. The molecule has 0 aliphatic carbocycles. The van der Waals surface area contributed by atoms with Crippen molar-refractivity contribution in [3.63, 3.8) is 0 Å². The molecule has 0 spiro atoms. The van der Waals surface area contributed by atoms with Crippen LogP contribution in [0.1, 0.15) is 17.3 Å². The van der Waals surface area contributed by atoms with Crippen LogP contribution in [-0.4, -0.2) is 22.8 Å². The number of carbonyl (C=O) groups excluding carboxylic acids is 2. The summed E-state index contributed by atoms with van der Waals surface area (Å²) in [7, 11) is 0. The predicted molar refractivity (Wildman–Crippen MR) is 90.2 cm³/mol. The minimum atomic E-state index is -0.910. The standard InChI is InChI=1S/C16H14ClN3O5/c1-10(25-12-8-6-11(17)7-9-12)15(21)18-19-16(22)13-4-2-3-5-14(13)20(23)24/h2-10H,1H3,(H,18,21)(H,19,22). The highest BCUT2D eigenvalue weighted by atomic mass is 35.5. The van der Waals surface area contributed by atoms with E-state index >= 15 is 0 Å². The molecule has 0 heterocycles. The summed E-state index contributed by atoms with van der Waals surface area (Å²) < 4.78 is 5.40. The number of para-hydroxylation sites is 1. The third-order valence-electron chi connectivity index (χ3n) is 3.14. The number of hydrogen-bond donors (Lipinski definition) is 2. The Morgan fingerprint density at radius 1 is 1.12 bits per heavy atom. The van der Waals surface area contributed by atoms with Gasteiger partial charge in [-0.15, -0.1) is 0 Å². The minimum Gasteiger partial charge on any atom is -0.481 e. The lowest BCUT2D eigenvalue weighted by Gasteiger charge is -2.15. The van der Waals surface area contributed by atoms with E-state index < -0.39 is 22.8 Å². The number of nitro groups is 1. The zero-order valence-corrected chi connectivity index (χ0v) is 13.8. The van der Waals surface area contributed by atoms with Gasteiger partial charge in [0, 0.05) is 11.1 Å². The lowest BCUT2D eigenvalue weighted by atomic mass is 10.2. The Morgan fingerprint density at radius 2 is 1.76 bits per heavy atom. The molecule has 2 rings (SSSR count). The van der Waals surface area contributed by atoms with Crippen molar-refractivity contribution in [1.29, 1.82) is 0 Å². The van der Waals surface area contributed by atoms with Gasteiger partial charge in [-0.1, -0.05) is 23.7 Å². The number of halogens is 1. The molecule has 0 bridgehead atoms. The van der Waals surface area contributed by atoms with E-state index in [1.165, 1.54) is 31.2 Å². The first-order valence-corrected chi connectivity index (χ1v) is 7.52. The Hall–Kier alpha value is -3.13. The van der Waals surface area contributed by atoms with E-state index in [9.17, 15) is 19.7 Å². The Bertz CT molecular complexity index is 795. The number of nitrogens with zero attached hydrogens (tertiary/aromatic N) is 1. The van der Waals surface area contributed by atoms with Crippen LogP contribution in [0.5, 0.6) is 5.75 Å². The van der Waals surface area contributed by atoms with Crippen molar-refractivity contribution in [3.05, 3.63) is 69.2 Å². The van der Waals surface area contributed by atoms with Gasteiger partial charge in [0.2, 0.25) is 0 Å². The van der Waals surface area contributed by atoms with Gasteiger partial charge in [0.05, 0.1) is 4.92 Å². The van der Waals surface area contributed by atoms with E-state index in [0.717, 1.165) is 0 Å². The third-order valence-corrected chi connectivity index (χ3v) is 3.39. The smallest absolute Gasteiger partial charge is 0.282 e. The fourth-order valence-electron chi connectivity index (χ4n) is 1.88. The number of rotatable bonds is 5. The van der Waals surface area contributed by atoms with Crippen LogP contribution in [0.2, 0.25) is 5.02 Å². The van der Waals surface area contributed by atoms with Crippen LogP contribution >= 0.6 is 11.6 Å². The van der Waals surface area contributed by atoms with E-state index in [1.54, 1.807) is 24.3 Å². The number of hydrazine groups is 1. The first-order chi connectivity index (χ1) is 11.9. The molecule has 0 saturated carbocycles. The van der Waals surface area contributed by atoms with E-state index in [-0.39, 0.29) is 11.3 Å². The van der Waals surface area contributed by atoms with Crippen LogP contribution in [0.3, 0.4) is 0 Å². The summed E-state index contributed by atoms with van der Waals surface area (Å²) in [6.45, 7) is 1.49. The van der Waals surface area contributed by atoms with E-state index in [4.69, 9.17) is 16.3 Å². The maximum atomic E-state index is 12.0. The molecule has 9 heteroatoms. The number of ether oxygens (including phenoxy) is 1. The average molecular weight is 364 g/mol. The molecule has 0 radical (unpaired) electrons. The number of carbonyl (C=O) groups is 2. The molecule has 2 amide bonds. The van der Waals surface area contributed by atoms with Crippen molar-refractivity contribution < 1.29 is 19.2 Å². The average Bonchev–Trinajstić information content (AvgIpc) is 2.61. The molecule has 1 atom stereocenters. The molecule has 0 fully saturated rings. The van der Waals surface area contributed by atoms with Gasteiger partial charge in [-0.05, 0) is 37.3 Å². The van der Waals surface area contributed by atoms with Gasteiger partial charge in [0.15, 0.2) is 6.10 Å². The summed E-state index contributed by atoms with van der Waals surface area (Å²) in [5, 5.41) is 11.4. The van der Waals surface area contributed by atoms with Crippen molar-refractivity contribution in [2.24, 2.45) is 0 Å². The van der Waals surface area contributed by atoms with Gasteiger partial charge in [-0.25, -0.2) is 0 Å². The van der Waals surface area contributed by atoms with Crippen LogP contribution < -0.4 is 15.6 Å².